The quantitative estimate of drug-likeness (QED) is 0.823. The minimum Gasteiger partial charge on any atom is -0.309 e. The summed E-state index contributed by atoms with van der Waals surface area (Å²) in [5.41, 5.74) is 0.741. The summed E-state index contributed by atoms with van der Waals surface area (Å²) in [6.45, 7) is 2.79. The first-order valence-electron chi connectivity index (χ1n) is 5.60. The van der Waals surface area contributed by atoms with E-state index in [4.69, 9.17) is 0 Å². The number of halogens is 3. The van der Waals surface area contributed by atoms with Crippen LogP contribution in [-0.2, 0) is 0 Å². The van der Waals surface area contributed by atoms with Crippen LogP contribution in [0, 0.1) is 0 Å². The predicted octanol–water partition coefficient (Wildman–Crippen LogP) is 3.31. The van der Waals surface area contributed by atoms with Gasteiger partial charge in [-0.05, 0) is 25.8 Å². The van der Waals surface area contributed by atoms with Crippen molar-refractivity contribution in [1.82, 2.24) is 14.1 Å². The van der Waals surface area contributed by atoms with Crippen molar-refractivity contribution in [3.05, 3.63) is 11.9 Å². The number of rotatable bonds is 7. The first kappa shape index (κ1) is 14.4. The van der Waals surface area contributed by atoms with Crippen molar-refractivity contribution in [2.75, 3.05) is 6.54 Å². The second-order valence-electron chi connectivity index (χ2n) is 3.85. The molecule has 1 N–H and O–H groups in total. The summed E-state index contributed by atoms with van der Waals surface area (Å²) in [5, 5.41) is 3.19. The molecule has 17 heavy (non-hydrogen) atoms. The Morgan fingerprint density at radius 2 is 2.24 bits per heavy atom. The van der Waals surface area contributed by atoms with Gasteiger partial charge in [0.05, 0.1) is 29.7 Å². The maximum absolute atomic E-state index is 12.1. The molecule has 1 rings (SSSR count). The molecule has 0 saturated carbocycles. The topological polar surface area (TPSA) is 37.8 Å². The number of nitrogens with zero attached hydrogens (tertiary/aromatic N) is 2. The number of nitrogens with one attached hydrogen (secondary N) is 1. The van der Waals surface area contributed by atoms with Crippen LogP contribution in [0.1, 0.15) is 44.3 Å². The van der Waals surface area contributed by atoms with E-state index in [9.17, 15) is 13.2 Å². The highest BCUT2D eigenvalue weighted by atomic mass is 32.1. The normalized spacial score (nSPS) is 13.9. The zero-order chi connectivity index (χ0) is 12.7. The molecule has 0 saturated heterocycles. The summed E-state index contributed by atoms with van der Waals surface area (Å²) >= 11 is 1.08. The fourth-order valence-corrected chi connectivity index (χ4v) is 1.98. The van der Waals surface area contributed by atoms with Crippen molar-refractivity contribution < 1.29 is 13.2 Å². The predicted molar refractivity (Wildman–Crippen MR) is 60.8 cm³/mol. The average Bonchev–Trinajstić information content (AvgIpc) is 2.74. The molecule has 1 unspecified atom stereocenters. The van der Waals surface area contributed by atoms with Crippen LogP contribution in [-0.4, -0.2) is 21.5 Å². The molecular formula is C10H16F3N3S. The summed E-state index contributed by atoms with van der Waals surface area (Å²) < 4.78 is 44.1. The van der Waals surface area contributed by atoms with Crippen molar-refractivity contribution in [2.45, 2.75) is 44.8 Å². The fraction of sp³-hybridized carbons (Fsp3) is 0.800. The van der Waals surface area contributed by atoms with Gasteiger partial charge >= 0.3 is 6.18 Å². The van der Waals surface area contributed by atoms with Gasteiger partial charge in [0.1, 0.15) is 0 Å². The zero-order valence-electron chi connectivity index (χ0n) is 9.63. The number of aromatic nitrogens is 2. The Kier molecular flexibility index (Phi) is 5.84. The van der Waals surface area contributed by atoms with E-state index in [0.717, 1.165) is 30.4 Å². The van der Waals surface area contributed by atoms with E-state index in [1.807, 2.05) is 6.92 Å². The monoisotopic (exact) mass is 267 g/mol. The first-order chi connectivity index (χ1) is 8.03. The fourth-order valence-electron chi connectivity index (χ4n) is 1.51. The van der Waals surface area contributed by atoms with Gasteiger partial charge < -0.3 is 5.32 Å². The van der Waals surface area contributed by atoms with Crippen LogP contribution in [0.5, 0.6) is 0 Å². The van der Waals surface area contributed by atoms with Crippen molar-refractivity contribution in [3.63, 3.8) is 0 Å². The Morgan fingerprint density at radius 3 is 2.76 bits per heavy atom. The molecule has 0 aromatic carbocycles. The lowest BCUT2D eigenvalue weighted by Crippen LogP contribution is -2.23. The van der Waals surface area contributed by atoms with E-state index in [-0.39, 0.29) is 12.5 Å². The third-order valence-electron chi connectivity index (χ3n) is 2.33. The first-order valence-corrected chi connectivity index (χ1v) is 6.33. The second-order valence-corrected chi connectivity index (χ2v) is 4.40. The molecule has 0 aliphatic heterocycles. The third-order valence-corrected chi connectivity index (χ3v) is 2.82. The van der Waals surface area contributed by atoms with Crippen LogP contribution in [0.25, 0.3) is 0 Å². The van der Waals surface area contributed by atoms with Crippen molar-refractivity contribution in [1.29, 1.82) is 0 Å². The molecule has 3 nitrogen and oxygen atoms in total. The Hall–Kier alpha value is -0.690. The smallest absolute Gasteiger partial charge is 0.309 e. The molecule has 0 aliphatic carbocycles. The highest BCUT2D eigenvalue weighted by molar-refractivity contribution is 6.99. The van der Waals surface area contributed by atoms with E-state index in [1.54, 1.807) is 6.20 Å². The van der Waals surface area contributed by atoms with Crippen molar-refractivity contribution >= 4 is 11.7 Å². The molecule has 0 aliphatic rings. The number of hydrogen-bond acceptors (Lipinski definition) is 4. The van der Waals surface area contributed by atoms with Crippen molar-refractivity contribution in [2.24, 2.45) is 0 Å². The van der Waals surface area contributed by atoms with Crippen LogP contribution >= 0.6 is 11.7 Å². The molecule has 1 aromatic rings. The molecule has 0 fully saturated rings. The van der Waals surface area contributed by atoms with Gasteiger partial charge in [0.2, 0.25) is 0 Å². The van der Waals surface area contributed by atoms with Crippen LogP contribution < -0.4 is 5.32 Å². The zero-order valence-corrected chi connectivity index (χ0v) is 10.4. The minimum absolute atomic E-state index is 0.113. The standard InChI is InChI=1S/C10H16F3N3S/c1-2-6-14-8(9-7-15-17-16-9)4-3-5-10(11,12)13/h7-8,14H,2-6H2,1H3. The summed E-state index contributed by atoms with van der Waals surface area (Å²) in [6.07, 6.45) is -1.71. The van der Waals surface area contributed by atoms with Gasteiger partial charge in [0.25, 0.3) is 0 Å². The summed E-state index contributed by atoms with van der Waals surface area (Å²) in [5.74, 6) is 0. The van der Waals surface area contributed by atoms with Gasteiger partial charge in [-0.25, -0.2) is 0 Å². The Morgan fingerprint density at radius 1 is 1.47 bits per heavy atom. The lowest BCUT2D eigenvalue weighted by molar-refractivity contribution is -0.135. The highest BCUT2D eigenvalue weighted by Crippen LogP contribution is 2.25. The van der Waals surface area contributed by atoms with Gasteiger partial charge in [-0.15, -0.1) is 0 Å². The summed E-state index contributed by atoms with van der Waals surface area (Å²) in [6, 6.07) is -0.115. The van der Waals surface area contributed by atoms with E-state index in [2.05, 4.69) is 14.1 Å². The van der Waals surface area contributed by atoms with E-state index < -0.39 is 12.6 Å². The van der Waals surface area contributed by atoms with E-state index >= 15 is 0 Å². The van der Waals surface area contributed by atoms with Gasteiger partial charge in [0, 0.05) is 6.42 Å². The van der Waals surface area contributed by atoms with Crippen LogP contribution in [0.15, 0.2) is 6.20 Å². The summed E-state index contributed by atoms with van der Waals surface area (Å²) in [7, 11) is 0. The largest absolute Gasteiger partial charge is 0.389 e. The van der Waals surface area contributed by atoms with Gasteiger partial charge in [-0.3, -0.25) is 0 Å². The Labute approximate surface area is 103 Å². The van der Waals surface area contributed by atoms with Gasteiger partial charge in [-0.1, -0.05) is 6.92 Å². The third kappa shape index (κ3) is 5.97. The molecule has 0 bridgehead atoms. The molecule has 7 heteroatoms. The van der Waals surface area contributed by atoms with Crippen molar-refractivity contribution in [3.8, 4) is 0 Å². The molecule has 0 amide bonds. The molecule has 0 radical (unpaired) electrons. The molecule has 0 spiro atoms. The molecule has 98 valence electrons. The minimum atomic E-state index is -4.07. The van der Waals surface area contributed by atoms with Crippen LogP contribution in [0.3, 0.4) is 0 Å². The lowest BCUT2D eigenvalue weighted by Gasteiger charge is -2.16. The Balaban J connectivity index is 2.42. The Bertz CT molecular complexity index is 300. The average molecular weight is 267 g/mol. The maximum Gasteiger partial charge on any atom is 0.389 e. The molecular weight excluding hydrogens is 251 g/mol. The second kappa shape index (κ2) is 6.90. The highest BCUT2D eigenvalue weighted by Gasteiger charge is 2.27. The van der Waals surface area contributed by atoms with Gasteiger partial charge in [-0.2, -0.15) is 21.9 Å². The lowest BCUT2D eigenvalue weighted by atomic mass is 10.1. The number of alkyl halides is 3. The van der Waals surface area contributed by atoms with Gasteiger partial charge in [0.15, 0.2) is 0 Å². The SMILES string of the molecule is CCCNC(CCCC(F)(F)F)c1cnsn1. The molecule has 1 aromatic heterocycles. The van der Waals surface area contributed by atoms with E-state index in [1.165, 1.54) is 0 Å². The van der Waals surface area contributed by atoms with Crippen LogP contribution in [0.4, 0.5) is 13.2 Å². The summed E-state index contributed by atoms with van der Waals surface area (Å²) in [4.78, 5) is 0. The van der Waals surface area contributed by atoms with Crippen LogP contribution in [0.2, 0.25) is 0 Å². The van der Waals surface area contributed by atoms with E-state index in [0.29, 0.717) is 6.42 Å². The maximum atomic E-state index is 12.1. The molecule has 1 atom stereocenters. The number of hydrogen-bond donors (Lipinski definition) is 1. The molecule has 1 heterocycles.